The van der Waals surface area contributed by atoms with E-state index in [2.05, 4.69) is 12.6 Å². The molecule has 0 radical (unpaired) electrons. The van der Waals surface area contributed by atoms with Crippen molar-refractivity contribution >= 4 is 18.3 Å². The van der Waals surface area contributed by atoms with Crippen LogP contribution in [-0.2, 0) is 6.42 Å². The second-order valence-electron chi connectivity index (χ2n) is 2.40. The van der Waals surface area contributed by atoms with Gasteiger partial charge in [-0.2, -0.15) is 12.6 Å². The molecule has 0 amide bonds. The van der Waals surface area contributed by atoms with Crippen LogP contribution in [0, 0.1) is 10.1 Å². The summed E-state index contributed by atoms with van der Waals surface area (Å²) in [6.07, 6.45) is 0.848. The molecule has 0 aliphatic rings. The van der Waals surface area contributed by atoms with Crippen LogP contribution < -0.4 is 0 Å². The van der Waals surface area contributed by atoms with Crippen LogP contribution in [0.3, 0.4) is 0 Å². The normalized spacial score (nSPS) is 9.75. The van der Waals surface area contributed by atoms with Crippen LogP contribution >= 0.6 is 12.6 Å². The highest BCUT2D eigenvalue weighted by atomic mass is 32.1. The van der Waals surface area contributed by atoms with E-state index in [1.54, 1.807) is 12.1 Å². The Balaban J connectivity index is 2.78. The summed E-state index contributed by atoms with van der Waals surface area (Å²) >= 11 is 4.06. The van der Waals surface area contributed by atoms with Crippen LogP contribution in [-0.4, -0.2) is 10.7 Å². The summed E-state index contributed by atoms with van der Waals surface area (Å²) < 4.78 is 0. The molecule has 4 heteroatoms. The summed E-state index contributed by atoms with van der Waals surface area (Å²) in [6, 6.07) is 6.54. The monoisotopic (exact) mass is 183 g/mol. The number of hydrogen-bond donors (Lipinski definition) is 1. The Labute approximate surface area is 76.0 Å². The molecule has 0 unspecified atom stereocenters. The molecule has 0 aliphatic carbocycles. The van der Waals surface area contributed by atoms with E-state index in [4.69, 9.17) is 0 Å². The number of aryl methyl sites for hydroxylation is 1. The van der Waals surface area contributed by atoms with Crippen molar-refractivity contribution in [3.63, 3.8) is 0 Å². The zero-order valence-electron chi connectivity index (χ0n) is 6.43. The SMILES string of the molecule is O=[N+]([O-])c1ccc(CCS)cc1. The Hall–Kier alpha value is -1.03. The zero-order chi connectivity index (χ0) is 8.97. The lowest BCUT2D eigenvalue weighted by atomic mass is 10.1. The summed E-state index contributed by atoms with van der Waals surface area (Å²) in [5.74, 6) is 0.762. The predicted octanol–water partition coefficient (Wildman–Crippen LogP) is 2.07. The molecule has 0 N–H and O–H groups in total. The van der Waals surface area contributed by atoms with E-state index in [9.17, 15) is 10.1 Å². The van der Waals surface area contributed by atoms with E-state index >= 15 is 0 Å². The third-order valence-corrected chi connectivity index (χ3v) is 1.77. The molecule has 12 heavy (non-hydrogen) atoms. The van der Waals surface area contributed by atoms with Crippen LogP contribution in [0.1, 0.15) is 5.56 Å². The van der Waals surface area contributed by atoms with Crippen LogP contribution in [0.2, 0.25) is 0 Å². The minimum Gasteiger partial charge on any atom is -0.258 e. The number of non-ortho nitro benzene ring substituents is 1. The summed E-state index contributed by atoms with van der Waals surface area (Å²) in [7, 11) is 0. The quantitative estimate of drug-likeness (QED) is 0.443. The van der Waals surface area contributed by atoms with Crippen LogP contribution in [0.4, 0.5) is 5.69 Å². The largest absolute Gasteiger partial charge is 0.269 e. The van der Waals surface area contributed by atoms with Gasteiger partial charge in [0, 0.05) is 12.1 Å². The molecule has 3 nitrogen and oxygen atoms in total. The van der Waals surface area contributed by atoms with Crippen LogP contribution in [0.5, 0.6) is 0 Å². The third kappa shape index (κ3) is 2.23. The molecule has 0 saturated carbocycles. The molecule has 0 saturated heterocycles. The second kappa shape index (κ2) is 4.11. The Kier molecular flexibility index (Phi) is 3.10. The molecule has 0 bridgehead atoms. The number of hydrogen-bond acceptors (Lipinski definition) is 3. The highest BCUT2D eigenvalue weighted by molar-refractivity contribution is 7.80. The van der Waals surface area contributed by atoms with Crippen molar-refractivity contribution in [3.05, 3.63) is 39.9 Å². The van der Waals surface area contributed by atoms with Gasteiger partial charge in [-0.3, -0.25) is 10.1 Å². The minimum atomic E-state index is -0.398. The number of nitro groups is 1. The van der Waals surface area contributed by atoms with E-state index in [1.807, 2.05) is 0 Å². The van der Waals surface area contributed by atoms with Gasteiger partial charge in [-0.15, -0.1) is 0 Å². The lowest BCUT2D eigenvalue weighted by Gasteiger charge is -1.96. The molecule has 0 atom stereocenters. The number of thiol groups is 1. The molecular formula is C8H9NO2S. The average molecular weight is 183 g/mol. The molecule has 0 aromatic heterocycles. The summed E-state index contributed by atoms with van der Waals surface area (Å²) in [6.45, 7) is 0. The molecule has 0 spiro atoms. The number of nitro benzene ring substituents is 1. The lowest BCUT2D eigenvalue weighted by molar-refractivity contribution is -0.384. The van der Waals surface area contributed by atoms with Gasteiger partial charge in [-0.25, -0.2) is 0 Å². The molecule has 1 rings (SSSR count). The summed E-state index contributed by atoms with van der Waals surface area (Å²) in [4.78, 5) is 9.86. The van der Waals surface area contributed by atoms with E-state index < -0.39 is 4.92 Å². The zero-order valence-corrected chi connectivity index (χ0v) is 7.33. The van der Waals surface area contributed by atoms with Crippen molar-refractivity contribution in [1.29, 1.82) is 0 Å². The van der Waals surface area contributed by atoms with Gasteiger partial charge in [0.25, 0.3) is 5.69 Å². The van der Waals surface area contributed by atoms with Crippen molar-refractivity contribution in [2.24, 2.45) is 0 Å². The smallest absolute Gasteiger partial charge is 0.258 e. The Morgan fingerprint density at radius 1 is 1.33 bits per heavy atom. The maximum Gasteiger partial charge on any atom is 0.269 e. The van der Waals surface area contributed by atoms with Crippen molar-refractivity contribution < 1.29 is 4.92 Å². The first-order chi connectivity index (χ1) is 5.74. The fourth-order valence-electron chi connectivity index (χ4n) is 0.913. The first kappa shape index (κ1) is 9.06. The van der Waals surface area contributed by atoms with Gasteiger partial charge in [0.15, 0.2) is 0 Å². The van der Waals surface area contributed by atoms with Crippen LogP contribution in [0.25, 0.3) is 0 Å². The highest BCUT2D eigenvalue weighted by Crippen LogP contribution is 2.12. The topological polar surface area (TPSA) is 43.1 Å². The standard InChI is InChI=1S/C8H9NO2S/c10-9(11)8-3-1-7(2-4-8)5-6-12/h1-4,12H,5-6H2. The highest BCUT2D eigenvalue weighted by Gasteiger charge is 2.02. The minimum absolute atomic E-state index is 0.137. The van der Waals surface area contributed by atoms with E-state index in [1.165, 1.54) is 12.1 Å². The molecule has 1 aromatic rings. The van der Waals surface area contributed by atoms with Crippen LogP contribution in [0.15, 0.2) is 24.3 Å². The first-order valence-corrected chi connectivity index (χ1v) is 4.21. The van der Waals surface area contributed by atoms with E-state index in [0.29, 0.717) is 0 Å². The number of nitrogens with zero attached hydrogens (tertiary/aromatic N) is 1. The molecule has 0 fully saturated rings. The van der Waals surface area contributed by atoms with Gasteiger partial charge in [0.1, 0.15) is 0 Å². The van der Waals surface area contributed by atoms with Crippen molar-refractivity contribution in [2.45, 2.75) is 6.42 Å². The Bertz CT molecular complexity index is 271. The van der Waals surface area contributed by atoms with Crippen molar-refractivity contribution in [1.82, 2.24) is 0 Å². The Morgan fingerprint density at radius 3 is 2.33 bits per heavy atom. The fourth-order valence-corrected chi connectivity index (χ4v) is 1.17. The molecular weight excluding hydrogens is 174 g/mol. The average Bonchev–Trinajstić information content (AvgIpc) is 2.06. The maximum atomic E-state index is 10.3. The van der Waals surface area contributed by atoms with Crippen molar-refractivity contribution in [3.8, 4) is 0 Å². The summed E-state index contributed by atoms with van der Waals surface area (Å²) in [5, 5.41) is 10.3. The fraction of sp³-hybridized carbons (Fsp3) is 0.250. The van der Waals surface area contributed by atoms with Crippen molar-refractivity contribution in [2.75, 3.05) is 5.75 Å². The predicted molar refractivity (Wildman–Crippen MR) is 50.7 cm³/mol. The molecule has 0 heterocycles. The first-order valence-electron chi connectivity index (χ1n) is 3.58. The van der Waals surface area contributed by atoms with Gasteiger partial charge < -0.3 is 0 Å². The molecule has 1 aromatic carbocycles. The molecule has 0 aliphatic heterocycles. The number of rotatable bonds is 3. The van der Waals surface area contributed by atoms with Gasteiger partial charge >= 0.3 is 0 Å². The Morgan fingerprint density at radius 2 is 1.92 bits per heavy atom. The van der Waals surface area contributed by atoms with Gasteiger partial charge in [-0.1, -0.05) is 12.1 Å². The van der Waals surface area contributed by atoms with Gasteiger partial charge in [-0.05, 0) is 17.7 Å². The maximum absolute atomic E-state index is 10.3. The summed E-state index contributed by atoms with van der Waals surface area (Å²) in [5.41, 5.74) is 1.22. The number of benzene rings is 1. The second-order valence-corrected chi connectivity index (χ2v) is 2.84. The third-order valence-electron chi connectivity index (χ3n) is 1.55. The molecule has 64 valence electrons. The van der Waals surface area contributed by atoms with Gasteiger partial charge in [0.2, 0.25) is 0 Å². The van der Waals surface area contributed by atoms with E-state index in [-0.39, 0.29) is 5.69 Å². The van der Waals surface area contributed by atoms with Gasteiger partial charge in [0.05, 0.1) is 4.92 Å². The lowest BCUT2D eigenvalue weighted by Crippen LogP contribution is -1.89. The van der Waals surface area contributed by atoms with E-state index in [0.717, 1.165) is 17.7 Å².